The number of nitrogens with two attached hydrogens (primary N) is 1. The molecule has 20 heavy (non-hydrogen) atoms. The summed E-state index contributed by atoms with van der Waals surface area (Å²) in [6.45, 7) is 2.20. The molecule has 0 fully saturated rings. The summed E-state index contributed by atoms with van der Waals surface area (Å²) in [5.74, 6) is 0.947. The zero-order valence-electron chi connectivity index (χ0n) is 11.3. The third kappa shape index (κ3) is 3.52. The molecule has 1 aromatic carbocycles. The summed E-state index contributed by atoms with van der Waals surface area (Å²) >= 11 is 0. The van der Waals surface area contributed by atoms with Crippen molar-refractivity contribution in [2.24, 2.45) is 5.73 Å². The van der Waals surface area contributed by atoms with Gasteiger partial charge in [-0.15, -0.1) is 12.4 Å². The molecule has 2 rings (SSSR count). The predicted molar refractivity (Wildman–Crippen MR) is 77.5 cm³/mol. The predicted octanol–water partition coefficient (Wildman–Crippen LogP) is 3.33. The fraction of sp³-hybridized carbons (Fsp3) is 0.538. The van der Waals surface area contributed by atoms with E-state index in [4.69, 9.17) is 15.2 Å². The Bertz CT molecular complexity index is 482. The van der Waals surface area contributed by atoms with Crippen LogP contribution in [0.2, 0.25) is 0 Å². The molecule has 0 saturated heterocycles. The Kier molecular flexibility index (Phi) is 6.04. The summed E-state index contributed by atoms with van der Waals surface area (Å²) in [5, 5.41) is 11.1. The summed E-state index contributed by atoms with van der Waals surface area (Å²) < 4.78 is 10.4. The molecular weight excluding hydrogens is 284 g/mol. The Hall–Kier alpha value is -1.53. The molecule has 0 unspecified atom stereocenters. The van der Waals surface area contributed by atoms with Crippen LogP contribution in [-0.4, -0.2) is 11.7 Å². The van der Waals surface area contributed by atoms with E-state index in [-0.39, 0.29) is 30.9 Å². The van der Waals surface area contributed by atoms with E-state index in [0.717, 1.165) is 25.7 Å². The van der Waals surface area contributed by atoms with Crippen LogP contribution >= 0.6 is 12.4 Å². The quantitative estimate of drug-likeness (QED) is 0.495. The highest BCUT2D eigenvalue weighted by Gasteiger charge is 2.26. The molecular formula is C13H19ClN2O4. The maximum atomic E-state index is 11.1. The number of nitro groups is 1. The van der Waals surface area contributed by atoms with Gasteiger partial charge < -0.3 is 15.2 Å². The SMILES string of the molecule is CCCCC[C@H](N)c1cc2c(cc1[N+](=O)[O-])OCO2.Cl. The molecule has 1 aliphatic heterocycles. The average Bonchev–Trinajstić information content (AvgIpc) is 2.84. The summed E-state index contributed by atoms with van der Waals surface area (Å²) in [7, 11) is 0. The lowest BCUT2D eigenvalue weighted by atomic mass is 9.99. The van der Waals surface area contributed by atoms with Gasteiger partial charge in [0.05, 0.1) is 16.6 Å². The van der Waals surface area contributed by atoms with E-state index in [1.807, 2.05) is 0 Å². The zero-order valence-corrected chi connectivity index (χ0v) is 12.1. The maximum absolute atomic E-state index is 11.1. The smallest absolute Gasteiger partial charge is 0.278 e. The van der Waals surface area contributed by atoms with Crippen LogP contribution in [0.25, 0.3) is 0 Å². The van der Waals surface area contributed by atoms with Crippen molar-refractivity contribution < 1.29 is 14.4 Å². The molecule has 6 nitrogen and oxygen atoms in total. The van der Waals surface area contributed by atoms with Crippen molar-refractivity contribution in [3.63, 3.8) is 0 Å². The lowest BCUT2D eigenvalue weighted by Gasteiger charge is -2.12. The van der Waals surface area contributed by atoms with E-state index in [1.54, 1.807) is 6.07 Å². The van der Waals surface area contributed by atoms with Crippen LogP contribution in [0.15, 0.2) is 12.1 Å². The van der Waals surface area contributed by atoms with Crippen LogP contribution in [0.1, 0.15) is 44.2 Å². The van der Waals surface area contributed by atoms with Gasteiger partial charge in [0.15, 0.2) is 11.5 Å². The summed E-state index contributed by atoms with van der Waals surface area (Å²) in [6.07, 6.45) is 3.86. The fourth-order valence-electron chi connectivity index (χ4n) is 2.17. The number of hydrogen-bond donors (Lipinski definition) is 1. The van der Waals surface area contributed by atoms with Gasteiger partial charge in [-0.1, -0.05) is 26.2 Å². The number of nitrogens with zero attached hydrogens (tertiary/aromatic N) is 1. The maximum Gasteiger partial charge on any atom is 0.278 e. The van der Waals surface area contributed by atoms with Crippen molar-refractivity contribution in [1.82, 2.24) is 0 Å². The van der Waals surface area contributed by atoms with Crippen LogP contribution in [0.4, 0.5) is 5.69 Å². The first-order valence-electron chi connectivity index (χ1n) is 6.47. The standard InChI is InChI=1S/C13H18N2O4.ClH/c1-2-3-4-5-10(14)9-6-12-13(19-8-18-12)7-11(9)15(16)17;/h6-7,10H,2-5,8,14H2,1H3;1H/t10-;/m0./s1. The van der Waals surface area contributed by atoms with Crippen molar-refractivity contribution in [2.75, 3.05) is 6.79 Å². The first kappa shape index (κ1) is 16.5. The van der Waals surface area contributed by atoms with Gasteiger partial charge in [-0.3, -0.25) is 10.1 Å². The molecule has 0 radical (unpaired) electrons. The van der Waals surface area contributed by atoms with Gasteiger partial charge in [0.1, 0.15) is 0 Å². The molecule has 0 spiro atoms. The molecule has 1 heterocycles. The van der Waals surface area contributed by atoms with Gasteiger partial charge in [0, 0.05) is 6.04 Å². The third-order valence-electron chi connectivity index (χ3n) is 3.24. The van der Waals surface area contributed by atoms with Crippen LogP contribution in [0.3, 0.4) is 0 Å². The lowest BCUT2D eigenvalue weighted by Crippen LogP contribution is -2.12. The summed E-state index contributed by atoms with van der Waals surface area (Å²) in [6, 6.07) is 2.69. The highest BCUT2D eigenvalue weighted by molar-refractivity contribution is 5.85. The minimum Gasteiger partial charge on any atom is -0.454 e. The normalized spacial score (nSPS) is 13.7. The number of benzene rings is 1. The highest BCUT2D eigenvalue weighted by Crippen LogP contribution is 2.40. The van der Waals surface area contributed by atoms with E-state index in [2.05, 4.69) is 6.92 Å². The van der Waals surface area contributed by atoms with Gasteiger partial charge >= 0.3 is 0 Å². The molecule has 1 aromatic rings. The van der Waals surface area contributed by atoms with Gasteiger partial charge in [0.25, 0.3) is 5.69 Å². The first-order valence-corrected chi connectivity index (χ1v) is 6.47. The molecule has 1 atom stereocenters. The summed E-state index contributed by atoms with van der Waals surface area (Å²) in [5.41, 5.74) is 6.59. The Morgan fingerprint density at radius 2 is 2.00 bits per heavy atom. The van der Waals surface area contributed by atoms with Crippen LogP contribution in [-0.2, 0) is 0 Å². The Morgan fingerprint density at radius 1 is 1.35 bits per heavy atom. The van der Waals surface area contributed by atoms with Crippen LogP contribution in [0.5, 0.6) is 11.5 Å². The molecule has 0 bridgehead atoms. The largest absolute Gasteiger partial charge is 0.454 e. The van der Waals surface area contributed by atoms with E-state index in [0.29, 0.717) is 17.1 Å². The Balaban J connectivity index is 0.00000200. The second kappa shape index (κ2) is 7.31. The van der Waals surface area contributed by atoms with E-state index >= 15 is 0 Å². The van der Waals surface area contributed by atoms with Crippen molar-refractivity contribution in [1.29, 1.82) is 0 Å². The van der Waals surface area contributed by atoms with Crippen LogP contribution < -0.4 is 15.2 Å². The second-order valence-electron chi connectivity index (χ2n) is 4.62. The van der Waals surface area contributed by atoms with Crippen molar-refractivity contribution in [3.05, 3.63) is 27.8 Å². The van der Waals surface area contributed by atoms with E-state index in [9.17, 15) is 10.1 Å². The highest BCUT2D eigenvalue weighted by atomic mass is 35.5. The second-order valence-corrected chi connectivity index (χ2v) is 4.62. The first-order chi connectivity index (χ1) is 9.13. The minimum absolute atomic E-state index is 0. The Morgan fingerprint density at radius 3 is 2.60 bits per heavy atom. The molecule has 0 amide bonds. The lowest BCUT2D eigenvalue weighted by molar-refractivity contribution is -0.385. The van der Waals surface area contributed by atoms with E-state index < -0.39 is 4.92 Å². The number of fused-ring (bicyclic) bond motifs is 1. The molecule has 0 saturated carbocycles. The number of ether oxygens (including phenoxy) is 2. The third-order valence-corrected chi connectivity index (χ3v) is 3.24. The number of rotatable bonds is 6. The minimum atomic E-state index is -0.420. The average molecular weight is 303 g/mol. The zero-order chi connectivity index (χ0) is 13.8. The van der Waals surface area contributed by atoms with Crippen molar-refractivity contribution >= 4 is 18.1 Å². The molecule has 112 valence electrons. The van der Waals surface area contributed by atoms with Gasteiger partial charge in [-0.05, 0) is 12.5 Å². The molecule has 0 aromatic heterocycles. The topological polar surface area (TPSA) is 87.6 Å². The fourth-order valence-corrected chi connectivity index (χ4v) is 2.17. The van der Waals surface area contributed by atoms with E-state index in [1.165, 1.54) is 6.07 Å². The molecule has 2 N–H and O–H groups in total. The van der Waals surface area contributed by atoms with Gasteiger partial charge in [0.2, 0.25) is 6.79 Å². The van der Waals surface area contributed by atoms with Crippen LogP contribution in [0, 0.1) is 10.1 Å². The summed E-state index contributed by atoms with van der Waals surface area (Å²) in [4.78, 5) is 10.7. The van der Waals surface area contributed by atoms with Crippen molar-refractivity contribution in [3.8, 4) is 11.5 Å². The monoisotopic (exact) mass is 302 g/mol. The van der Waals surface area contributed by atoms with Crippen molar-refractivity contribution in [2.45, 2.75) is 38.6 Å². The Labute approximate surface area is 123 Å². The molecule has 7 heteroatoms. The van der Waals surface area contributed by atoms with Gasteiger partial charge in [-0.2, -0.15) is 0 Å². The number of nitro benzene ring substituents is 1. The molecule has 1 aliphatic rings. The number of unbranched alkanes of at least 4 members (excludes halogenated alkanes) is 2. The number of hydrogen-bond acceptors (Lipinski definition) is 5. The van der Waals surface area contributed by atoms with Gasteiger partial charge in [-0.25, -0.2) is 0 Å². The molecule has 0 aliphatic carbocycles. The number of halogens is 1.